The molecule has 1 heterocycles. The fraction of sp³-hybridized carbons (Fsp3) is 0.333. The maximum absolute atomic E-state index is 13.9. The number of hydrogen-bond donors (Lipinski definition) is 1. The Balaban J connectivity index is 1.60. The van der Waals surface area contributed by atoms with Gasteiger partial charge in [-0.05, 0) is 17.7 Å². The van der Waals surface area contributed by atoms with E-state index in [1.54, 1.807) is 12.1 Å². The Morgan fingerprint density at radius 1 is 1.04 bits per heavy atom. The van der Waals surface area contributed by atoms with Gasteiger partial charge in [-0.15, -0.1) is 0 Å². The molecule has 25 heavy (non-hydrogen) atoms. The molecular formula is C18H21ClFN2O2S+. The van der Waals surface area contributed by atoms with Crippen LogP contribution < -0.4 is 4.90 Å². The molecule has 0 radical (unpaired) electrons. The van der Waals surface area contributed by atoms with Crippen molar-refractivity contribution in [2.45, 2.75) is 12.3 Å². The Morgan fingerprint density at radius 3 is 2.36 bits per heavy atom. The monoisotopic (exact) mass is 383 g/mol. The minimum absolute atomic E-state index is 0.0162. The van der Waals surface area contributed by atoms with Gasteiger partial charge in [0, 0.05) is 0 Å². The van der Waals surface area contributed by atoms with Gasteiger partial charge in [-0.2, -0.15) is 4.31 Å². The zero-order valence-corrected chi connectivity index (χ0v) is 15.4. The molecule has 0 aliphatic carbocycles. The second kappa shape index (κ2) is 7.83. The number of nitrogens with zero attached hydrogens (tertiary/aromatic N) is 1. The first-order chi connectivity index (χ1) is 12.0. The van der Waals surface area contributed by atoms with E-state index in [-0.39, 0.29) is 11.6 Å². The fourth-order valence-corrected chi connectivity index (χ4v) is 4.85. The van der Waals surface area contributed by atoms with Crippen LogP contribution in [0.1, 0.15) is 11.1 Å². The number of rotatable bonds is 5. The minimum atomic E-state index is -3.33. The lowest BCUT2D eigenvalue weighted by Gasteiger charge is -2.31. The molecule has 0 atom stereocenters. The van der Waals surface area contributed by atoms with Gasteiger partial charge in [0.1, 0.15) is 12.4 Å². The summed E-state index contributed by atoms with van der Waals surface area (Å²) >= 11 is 6.08. The van der Waals surface area contributed by atoms with Crippen molar-refractivity contribution >= 4 is 21.6 Å². The van der Waals surface area contributed by atoms with Crippen molar-refractivity contribution in [1.29, 1.82) is 0 Å². The average molecular weight is 384 g/mol. The van der Waals surface area contributed by atoms with Gasteiger partial charge in [0.15, 0.2) is 0 Å². The lowest BCUT2D eigenvalue weighted by molar-refractivity contribution is -0.917. The topological polar surface area (TPSA) is 41.8 Å². The van der Waals surface area contributed by atoms with Crippen LogP contribution in [0.15, 0.2) is 48.5 Å². The highest BCUT2D eigenvalue weighted by Crippen LogP contribution is 2.18. The summed E-state index contributed by atoms with van der Waals surface area (Å²) in [6, 6.07) is 13.9. The van der Waals surface area contributed by atoms with E-state index in [4.69, 9.17) is 11.6 Å². The SMILES string of the molecule is O=S(=O)(Cc1ccccc1)N1CC[NH+](Cc2c(F)cccc2Cl)CC1. The summed E-state index contributed by atoms with van der Waals surface area (Å²) in [6.45, 7) is 2.63. The summed E-state index contributed by atoms with van der Waals surface area (Å²) in [7, 11) is -3.33. The van der Waals surface area contributed by atoms with Crippen molar-refractivity contribution in [1.82, 2.24) is 4.31 Å². The Morgan fingerprint density at radius 2 is 1.72 bits per heavy atom. The summed E-state index contributed by atoms with van der Waals surface area (Å²) in [4.78, 5) is 1.14. The number of quaternary nitrogens is 1. The molecule has 3 rings (SSSR count). The van der Waals surface area contributed by atoms with Crippen molar-refractivity contribution in [2.24, 2.45) is 0 Å². The zero-order chi connectivity index (χ0) is 17.9. The van der Waals surface area contributed by atoms with E-state index in [2.05, 4.69) is 0 Å². The average Bonchev–Trinajstić information content (AvgIpc) is 2.59. The van der Waals surface area contributed by atoms with Crippen molar-refractivity contribution in [2.75, 3.05) is 26.2 Å². The first-order valence-electron chi connectivity index (χ1n) is 8.24. The van der Waals surface area contributed by atoms with Gasteiger partial charge < -0.3 is 4.90 Å². The molecule has 0 spiro atoms. The van der Waals surface area contributed by atoms with E-state index in [0.29, 0.717) is 43.3 Å². The molecule has 0 aromatic heterocycles. The van der Waals surface area contributed by atoms with Crippen LogP contribution in [0.4, 0.5) is 4.39 Å². The summed E-state index contributed by atoms with van der Waals surface area (Å²) in [5.74, 6) is -0.290. The van der Waals surface area contributed by atoms with Crippen LogP contribution in [0.25, 0.3) is 0 Å². The van der Waals surface area contributed by atoms with Crippen LogP contribution in [-0.4, -0.2) is 38.9 Å². The van der Waals surface area contributed by atoms with Gasteiger partial charge in [-0.1, -0.05) is 48.0 Å². The zero-order valence-electron chi connectivity index (χ0n) is 13.8. The largest absolute Gasteiger partial charge is 0.329 e. The molecule has 1 saturated heterocycles. The van der Waals surface area contributed by atoms with Gasteiger partial charge in [0.05, 0.1) is 42.5 Å². The van der Waals surface area contributed by atoms with Crippen molar-refractivity contribution in [3.63, 3.8) is 0 Å². The number of piperazine rings is 1. The maximum Gasteiger partial charge on any atom is 0.218 e. The number of halogens is 2. The second-order valence-corrected chi connectivity index (χ2v) is 8.64. The van der Waals surface area contributed by atoms with Crippen LogP contribution in [-0.2, 0) is 22.3 Å². The molecule has 1 aliphatic rings. The third-order valence-corrected chi connectivity index (χ3v) is 6.71. The van der Waals surface area contributed by atoms with E-state index in [1.807, 2.05) is 30.3 Å². The molecule has 0 unspecified atom stereocenters. The molecule has 0 amide bonds. The van der Waals surface area contributed by atoms with Gasteiger partial charge in [-0.3, -0.25) is 0 Å². The Bertz CT molecular complexity index is 802. The number of benzene rings is 2. The fourth-order valence-electron chi connectivity index (χ4n) is 3.08. The highest BCUT2D eigenvalue weighted by atomic mass is 35.5. The van der Waals surface area contributed by atoms with Crippen LogP contribution >= 0.6 is 11.6 Å². The normalized spacial score (nSPS) is 16.9. The molecule has 0 saturated carbocycles. The molecule has 1 fully saturated rings. The minimum Gasteiger partial charge on any atom is -0.329 e. The molecule has 134 valence electrons. The molecule has 2 aromatic carbocycles. The Hall–Kier alpha value is -1.47. The molecular weight excluding hydrogens is 363 g/mol. The molecule has 1 aliphatic heterocycles. The summed E-state index contributed by atoms with van der Waals surface area (Å²) < 4.78 is 40.6. The van der Waals surface area contributed by atoms with Gasteiger partial charge in [-0.25, -0.2) is 12.8 Å². The standard InChI is InChI=1S/C18H20ClFN2O2S/c19-17-7-4-8-18(20)16(17)13-21-9-11-22(12-10-21)25(23,24)14-15-5-2-1-3-6-15/h1-8H,9-14H2/p+1. The highest BCUT2D eigenvalue weighted by molar-refractivity contribution is 7.88. The number of sulfonamides is 1. The third kappa shape index (κ3) is 4.58. The van der Waals surface area contributed by atoms with Crippen molar-refractivity contribution in [3.05, 3.63) is 70.5 Å². The van der Waals surface area contributed by atoms with Gasteiger partial charge in [0.25, 0.3) is 0 Å². The van der Waals surface area contributed by atoms with E-state index >= 15 is 0 Å². The van der Waals surface area contributed by atoms with Crippen LogP contribution in [0.5, 0.6) is 0 Å². The lowest BCUT2D eigenvalue weighted by Crippen LogP contribution is -3.13. The van der Waals surface area contributed by atoms with Gasteiger partial charge in [0.2, 0.25) is 10.0 Å². The molecule has 7 heteroatoms. The first-order valence-corrected chi connectivity index (χ1v) is 10.2. The molecule has 0 bridgehead atoms. The third-order valence-electron chi connectivity index (χ3n) is 4.50. The molecule has 4 nitrogen and oxygen atoms in total. The number of hydrogen-bond acceptors (Lipinski definition) is 2. The molecule has 1 N–H and O–H groups in total. The first kappa shape index (κ1) is 18.3. The van der Waals surface area contributed by atoms with Crippen LogP contribution in [0, 0.1) is 5.82 Å². The van der Waals surface area contributed by atoms with Crippen LogP contribution in [0.3, 0.4) is 0 Å². The van der Waals surface area contributed by atoms with Gasteiger partial charge >= 0.3 is 0 Å². The Labute approximate surface area is 152 Å². The summed E-state index contributed by atoms with van der Waals surface area (Å²) in [5.41, 5.74) is 1.29. The summed E-state index contributed by atoms with van der Waals surface area (Å²) in [5, 5.41) is 0.423. The van der Waals surface area contributed by atoms with Crippen molar-refractivity contribution in [3.8, 4) is 0 Å². The van der Waals surface area contributed by atoms with E-state index < -0.39 is 10.0 Å². The maximum atomic E-state index is 13.9. The smallest absolute Gasteiger partial charge is 0.218 e. The lowest BCUT2D eigenvalue weighted by atomic mass is 10.2. The van der Waals surface area contributed by atoms with E-state index in [0.717, 1.165) is 10.5 Å². The second-order valence-electron chi connectivity index (χ2n) is 6.27. The predicted molar refractivity (Wildman–Crippen MR) is 96.4 cm³/mol. The van der Waals surface area contributed by atoms with E-state index in [9.17, 15) is 12.8 Å². The van der Waals surface area contributed by atoms with Crippen LogP contribution in [0.2, 0.25) is 5.02 Å². The predicted octanol–water partition coefficient (Wildman–Crippen LogP) is 1.71. The summed E-state index contributed by atoms with van der Waals surface area (Å²) in [6.07, 6.45) is 0. The van der Waals surface area contributed by atoms with E-state index in [1.165, 1.54) is 10.4 Å². The Kier molecular flexibility index (Phi) is 5.74. The highest BCUT2D eigenvalue weighted by Gasteiger charge is 2.29. The quantitative estimate of drug-likeness (QED) is 0.854. The van der Waals surface area contributed by atoms with Crippen molar-refractivity contribution < 1.29 is 17.7 Å². The number of nitrogens with one attached hydrogen (secondary N) is 1. The molecule has 2 aromatic rings.